The zero-order valence-electron chi connectivity index (χ0n) is 35.0. The molecule has 0 aromatic carbocycles. The highest BCUT2D eigenvalue weighted by atomic mass is 16.6. The summed E-state index contributed by atoms with van der Waals surface area (Å²) in [5, 5.41) is 0. The monoisotopic (exact) mass is 753 g/mol. The summed E-state index contributed by atoms with van der Waals surface area (Å²) in [5.74, 6) is -0.999. The van der Waals surface area contributed by atoms with E-state index in [1.807, 2.05) is 12.2 Å². The summed E-state index contributed by atoms with van der Waals surface area (Å²) >= 11 is 0. The number of allylic oxidation sites excluding steroid dienone is 12. The van der Waals surface area contributed by atoms with E-state index in [-0.39, 0.29) is 37.5 Å². The predicted molar refractivity (Wildman–Crippen MR) is 228 cm³/mol. The van der Waals surface area contributed by atoms with Crippen LogP contribution in [-0.4, -0.2) is 37.2 Å². The van der Waals surface area contributed by atoms with Crippen molar-refractivity contribution in [3.63, 3.8) is 0 Å². The van der Waals surface area contributed by atoms with E-state index >= 15 is 0 Å². The van der Waals surface area contributed by atoms with Crippen LogP contribution in [0.25, 0.3) is 0 Å². The summed E-state index contributed by atoms with van der Waals surface area (Å²) in [7, 11) is 0. The lowest BCUT2D eigenvalue weighted by atomic mass is 10.1. The molecule has 0 aromatic heterocycles. The zero-order chi connectivity index (χ0) is 39.4. The highest BCUT2D eigenvalue weighted by molar-refractivity contribution is 5.71. The molecule has 0 aliphatic carbocycles. The third-order valence-corrected chi connectivity index (χ3v) is 8.99. The fourth-order valence-electron chi connectivity index (χ4n) is 5.70. The van der Waals surface area contributed by atoms with Crippen LogP contribution in [0.5, 0.6) is 0 Å². The Balaban J connectivity index is 4.42. The van der Waals surface area contributed by atoms with Gasteiger partial charge in [0.1, 0.15) is 13.2 Å². The molecule has 1 unspecified atom stereocenters. The van der Waals surface area contributed by atoms with E-state index in [9.17, 15) is 14.4 Å². The van der Waals surface area contributed by atoms with Crippen LogP contribution < -0.4 is 0 Å². The molecule has 0 radical (unpaired) electrons. The van der Waals surface area contributed by atoms with Gasteiger partial charge in [0, 0.05) is 19.3 Å². The van der Waals surface area contributed by atoms with Crippen molar-refractivity contribution in [2.45, 2.75) is 200 Å². The maximum Gasteiger partial charge on any atom is 0.306 e. The Morgan fingerprint density at radius 2 is 0.722 bits per heavy atom. The van der Waals surface area contributed by atoms with Crippen molar-refractivity contribution in [2.75, 3.05) is 13.2 Å². The average molecular weight is 753 g/mol. The van der Waals surface area contributed by atoms with Gasteiger partial charge >= 0.3 is 17.9 Å². The fraction of sp³-hybridized carbons (Fsp3) is 0.688. The number of hydrogen-bond acceptors (Lipinski definition) is 6. The highest BCUT2D eigenvalue weighted by Gasteiger charge is 2.19. The SMILES string of the molecule is CC/C=C\C/C=C\C/C=C\C/C=C\C/C=C\C/C=C\CCC(=O)OCC(COC(=O)CCCCCCCCCC)OC(=O)CCCCCCCCCCC. The van der Waals surface area contributed by atoms with Gasteiger partial charge in [-0.05, 0) is 57.8 Å². The normalized spacial score (nSPS) is 12.7. The van der Waals surface area contributed by atoms with Crippen LogP contribution >= 0.6 is 0 Å². The molecule has 0 bridgehead atoms. The Morgan fingerprint density at radius 3 is 1.13 bits per heavy atom. The molecule has 0 spiro atoms. The second kappa shape index (κ2) is 42.6. The van der Waals surface area contributed by atoms with Crippen molar-refractivity contribution < 1.29 is 28.6 Å². The standard InChI is InChI=1S/C48H80O6/c1-4-7-10-13-16-19-20-21-22-23-24-25-26-27-28-30-32-35-38-41-47(50)53-44-45(43-52-46(49)40-37-34-31-18-15-12-9-6-3)54-48(51)42-39-36-33-29-17-14-11-8-5-2/h7,10,16,19,21-22,24-25,27-28,32,35,45H,4-6,8-9,11-15,17-18,20,23,26,29-31,33-34,36-44H2,1-3H3/b10-7-,19-16-,22-21-,25-24-,28-27-,35-32-. The largest absolute Gasteiger partial charge is 0.462 e. The van der Waals surface area contributed by atoms with Gasteiger partial charge < -0.3 is 14.2 Å². The number of carbonyl (C=O) groups is 3. The smallest absolute Gasteiger partial charge is 0.306 e. The molecule has 0 aliphatic heterocycles. The number of rotatable bonds is 38. The van der Waals surface area contributed by atoms with Gasteiger partial charge in [0.05, 0.1) is 0 Å². The van der Waals surface area contributed by atoms with E-state index in [2.05, 4.69) is 81.5 Å². The molecule has 0 rings (SSSR count). The number of hydrogen-bond donors (Lipinski definition) is 0. The van der Waals surface area contributed by atoms with Crippen LogP contribution in [0.2, 0.25) is 0 Å². The first-order valence-electron chi connectivity index (χ1n) is 21.9. The molecule has 0 N–H and O–H groups in total. The topological polar surface area (TPSA) is 78.9 Å². The van der Waals surface area contributed by atoms with Crippen molar-refractivity contribution in [2.24, 2.45) is 0 Å². The molecule has 0 heterocycles. The van der Waals surface area contributed by atoms with Crippen LogP contribution in [0.3, 0.4) is 0 Å². The summed E-state index contributed by atoms with van der Waals surface area (Å²) in [5.41, 5.74) is 0. The van der Waals surface area contributed by atoms with Crippen molar-refractivity contribution >= 4 is 17.9 Å². The second-order valence-electron chi connectivity index (χ2n) is 14.2. The Bertz CT molecular complexity index is 1050. The average Bonchev–Trinajstić information content (AvgIpc) is 3.17. The predicted octanol–water partition coefficient (Wildman–Crippen LogP) is 13.9. The highest BCUT2D eigenvalue weighted by Crippen LogP contribution is 2.13. The van der Waals surface area contributed by atoms with E-state index in [1.165, 1.54) is 70.6 Å². The van der Waals surface area contributed by atoms with Crippen LogP contribution in [0.1, 0.15) is 194 Å². The number of unbranched alkanes of at least 4 members (excludes halogenated alkanes) is 15. The van der Waals surface area contributed by atoms with Crippen molar-refractivity contribution in [3.05, 3.63) is 72.9 Å². The lowest BCUT2D eigenvalue weighted by Crippen LogP contribution is -2.30. The zero-order valence-corrected chi connectivity index (χ0v) is 35.0. The van der Waals surface area contributed by atoms with Gasteiger partial charge in [-0.25, -0.2) is 0 Å². The minimum absolute atomic E-state index is 0.0974. The number of esters is 3. The van der Waals surface area contributed by atoms with Crippen LogP contribution in [0.15, 0.2) is 72.9 Å². The molecule has 0 aromatic rings. The Morgan fingerprint density at radius 1 is 0.389 bits per heavy atom. The first kappa shape index (κ1) is 50.9. The van der Waals surface area contributed by atoms with Crippen LogP contribution in [0.4, 0.5) is 0 Å². The van der Waals surface area contributed by atoms with Crippen molar-refractivity contribution in [1.82, 2.24) is 0 Å². The Kier molecular flexibility index (Phi) is 40.1. The first-order valence-corrected chi connectivity index (χ1v) is 21.9. The fourth-order valence-corrected chi connectivity index (χ4v) is 5.70. The second-order valence-corrected chi connectivity index (χ2v) is 14.2. The molecule has 0 saturated heterocycles. The molecule has 0 amide bonds. The lowest BCUT2D eigenvalue weighted by Gasteiger charge is -2.18. The molecule has 0 fully saturated rings. The Hall–Kier alpha value is -3.15. The molecule has 54 heavy (non-hydrogen) atoms. The molecular weight excluding hydrogens is 673 g/mol. The minimum atomic E-state index is -0.798. The molecule has 6 heteroatoms. The summed E-state index contributed by atoms with van der Waals surface area (Å²) in [6.45, 7) is 6.38. The lowest BCUT2D eigenvalue weighted by molar-refractivity contribution is -0.166. The summed E-state index contributed by atoms with van der Waals surface area (Å²) in [4.78, 5) is 37.5. The van der Waals surface area contributed by atoms with Crippen LogP contribution in [0, 0.1) is 0 Å². The molecule has 0 aliphatic rings. The van der Waals surface area contributed by atoms with Gasteiger partial charge in [-0.15, -0.1) is 0 Å². The minimum Gasteiger partial charge on any atom is -0.462 e. The van der Waals surface area contributed by atoms with Gasteiger partial charge in [0.15, 0.2) is 6.10 Å². The molecular formula is C48H80O6. The molecule has 1 atom stereocenters. The maximum atomic E-state index is 12.6. The summed E-state index contributed by atoms with van der Waals surface area (Å²) < 4.78 is 16.5. The van der Waals surface area contributed by atoms with E-state index in [4.69, 9.17) is 14.2 Å². The third-order valence-electron chi connectivity index (χ3n) is 8.99. The van der Waals surface area contributed by atoms with Crippen molar-refractivity contribution in [1.29, 1.82) is 0 Å². The third kappa shape index (κ3) is 40.0. The van der Waals surface area contributed by atoms with Gasteiger partial charge in [-0.3, -0.25) is 14.4 Å². The van der Waals surface area contributed by atoms with Crippen molar-refractivity contribution in [3.8, 4) is 0 Å². The number of ether oxygens (including phenoxy) is 3. The van der Waals surface area contributed by atoms with Gasteiger partial charge in [-0.2, -0.15) is 0 Å². The molecule has 6 nitrogen and oxygen atoms in total. The Labute approximate surface area is 332 Å². The summed E-state index contributed by atoms with van der Waals surface area (Å²) in [6.07, 6.45) is 51.9. The first-order chi connectivity index (χ1) is 26.5. The quantitative estimate of drug-likeness (QED) is 0.0270. The van der Waals surface area contributed by atoms with Gasteiger partial charge in [-0.1, -0.05) is 190 Å². The summed E-state index contributed by atoms with van der Waals surface area (Å²) in [6, 6.07) is 0. The molecule has 0 saturated carbocycles. The van der Waals surface area contributed by atoms with E-state index in [1.54, 1.807) is 0 Å². The van der Waals surface area contributed by atoms with Crippen LogP contribution in [-0.2, 0) is 28.6 Å². The van der Waals surface area contributed by atoms with E-state index in [0.29, 0.717) is 19.3 Å². The molecule has 308 valence electrons. The number of carbonyl (C=O) groups excluding carboxylic acids is 3. The van der Waals surface area contributed by atoms with Gasteiger partial charge in [0.2, 0.25) is 0 Å². The van der Waals surface area contributed by atoms with E-state index < -0.39 is 6.10 Å². The maximum absolute atomic E-state index is 12.6. The van der Waals surface area contributed by atoms with Gasteiger partial charge in [0.25, 0.3) is 0 Å². The van der Waals surface area contributed by atoms with E-state index in [0.717, 1.165) is 77.0 Å².